The van der Waals surface area contributed by atoms with E-state index in [0.717, 1.165) is 40.3 Å². The molecule has 0 amide bonds. The molecule has 1 aliphatic carbocycles. The van der Waals surface area contributed by atoms with Crippen molar-refractivity contribution < 1.29 is 0 Å². The van der Waals surface area contributed by atoms with Gasteiger partial charge in [-0.1, -0.05) is 35.9 Å². The molecule has 0 atom stereocenters. The fourth-order valence-electron chi connectivity index (χ4n) is 2.62. The highest BCUT2D eigenvalue weighted by atomic mass is 35.5. The Labute approximate surface area is 154 Å². The van der Waals surface area contributed by atoms with E-state index in [4.69, 9.17) is 11.6 Å². The van der Waals surface area contributed by atoms with Crippen molar-refractivity contribution in [3.63, 3.8) is 0 Å². The largest absolute Gasteiger partial charge is 0.286 e. The molecule has 6 heteroatoms. The Hall–Kier alpha value is -2.11. The Balaban J connectivity index is 1.52. The molecule has 2 heterocycles. The number of thioether (sulfide) groups is 1. The van der Waals surface area contributed by atoms with E-state index in [2.05, 4.69) is 22.2 Å². The van der Waals surface area contributed by atoms with Gasteiger partial charge in [0.25, 0.3) is 5.56 Å². The van der Waals surface area contributed by atoms with Gasteiger partial charge < -0.3 is 0 Å². The Morgan fingerprint density at radius 1 is 1.20 bits per heavy atom. The van der Waals surface area contributed by atoms with Crippen LogP contribution in [0.15, 0.2) is 64.5 Å². The van der Waals surface area contributed by atoms with E-state index in [-0.39, 0.29) is 16.6 Å². The van der Waals surface area contributed by atoms with Gasteiger partial charge in [0.15, 0.2) is 0 Å². The van der Waals surface area contributed by atoms with Crippen molar-refractivity contribution in [3.8, 4) is 11.3 Å². The van der Waals surface area contributed by atoms with Crippen molar-refractivity contribution >= 4 is 23.4 Å². The predicted octanol–water partition coefficient (Wildman–Crippen LogP) is 4.59. The van der Waals surface area contributed by atoms with E-state index >= 15 is 0 Å². The first-order chi connectivity index (χ1) is 12.2. The number of halogens is 1. The van der Waals surface area contributed by atoms with Crippen LogP contribution in [0, 0.1) is 0 Å². The van der Waals surface area contributed by atoms with E-state index in [1.165, 1.54) is 16.4 Å². The fourth-order valence-corrected chi connectivity index (χ4v) is 3.76. The first kappa shape index (κ1) is 16.4. The van der Waals surface area contributed by atoms with Crippen LogP contribution in [0.25, 0.3) is 11.3 Å². The van der Waals surface area contributed by atoms with Crippen molar-refractivity contribution in [2.75, 3.05) is 0 Å². The Morgan fingerprint density at radius 3 is 2.84 bits per heavy atom. The van der Waals surface area contributed by atoms with E-state index in [1.807, 2.05) is 30.3 Å². The van der Waals surface area contributed by atoms with Gasteiger partial charge in [0.05, 0.1) is 22.8 Å². The molecular weight excluding hydrogens is 354 g/mol. The third-order valence-electron chi connectivity index (χ3n) is 4.09. The molecule has 0 unspecified atom stereocenters. The average Bonchev–Trinajstić information content (AvgIpc) is 3.49. The van der Waals surface area contributed by atoms with Gasteiger partial charge in [-0.3, -0.25) is 9.78 Å². The number of aromatic nitrogens is 3. The molecule has 126 valence electrons. The van der Waals surface area contributed by atoms with E-state index in [1.54, 1.807) is 12.4 Å². The van der Waals surface area contributed by atoms with Crippen LogP contribution in [0.1, 0.15) is 24.4 Å². The molecule has 1 fully saturated rings. The third kappa shape index (κ3) is 3.62. The number of hydrogen-bond donors (Lipinski definition) is 0. The van der Waals surface area contributed by atoms with Crippen LogP contribution in [0.3, 0.4) is 0 Å². The summed E-state index contributed by atoms with van der Waals surface area (Å²) in [5.74, 6) is 0.717. The maximum atomic E-state index is 12.3. The molecule has 0 bridgehead atoms. The summed E-state index contributed by atoms with van der Waals surface area (Å²) in [5.41, 5.74) is 2.99. The highest BCUT2D eigenvalue weighted by Crippen LogP contribution is 2.34. The maximum absolute atomic E-state index is 12.3. The lowest BCUT2D eigenvalue weighted by Crippen LogP contribution is -2.22. The molecule has 1 aliphatic rings. The lowest BCUT2D eigenvalue weighted by Gasteiger charge is -2.08. The minimum atomic E-state index is -0.184. The zero-order valence-electron chi connectivity index (χ0n) is 13.4. The van der Waals surface area contributed by atoms with Crippen LogP contribution >= 0.6 is 23.4 Å². The van der Waals surface area contributed by atoms with Gasteiger partial charge in [0.1, 0.15) is 5.02 Å². The Kier molecular flexibility index (Phi) is 4.59. The van der Waals surface area contributed by atoms with E-state index in [0.29, 0.717) is 0 Å². The molecule has 0 N–H and O–H groups in total. The normalized spacial score (nSPS) is 13.8. The zero-order valence-corrected chi connectivity index (χ0v) is 15.0. The molecule has 2 aromatic heterocycles. The van der Waals surface area contributed by atoms with Crippen LogP contribution in [0.4, 0.5) is 0 Å². The van der Waals surface area contributed by atoms with Crippen molar-refractivity contribution in [1.29, 1.82) is 0 Å². The van der Waals surface area contributed by atoms with Crippen LogP contribution in [-0.4, -0.2) is 14.8 Å². The highest BCUT2D eigenvalue weighted by Gasteiger charge is 2.27. The first-order valence-electron chi connectivity index (χ1n) is 8.13. The summed E-state index contributed by atoms with van der Waals surface area (Å²) in [6.07, 6.45) is 5.51. The maximum Gasteiger partial charge on any atom is 0.286 e. The summed E-state index contributed by atoms with van der Waals surface area (Å²) in [7, 11) is 0. The summed E-state index contributed by atoms with van der Waals surface area (Å²) in [4.78, 5) is 17.4. The van der Waals surface area contributed by atoms with Crippen molar-refractivity contribution in [2.24, 2.45) is 0 Å². The SMILES string of the molecule is O=c1c(Cl)c(SCc2cccc(-c3ccccn3)c2)cnn1C1CC1. The summed E-state index contributed by atoms with van der Waals surface area (Å²) in [6.45, 7) is 0. The summed E-state index contributed by atoms with van der Waals surface area (Å²) >= 11 is 7.79. The number of hydrogen-bond acceptors (Lipinski definition) is 4. The number of benzene rings is 1. The first-order valence-corrected chi connectivity index (χ1v) is 9.49. The van der Waals surface area contributed by atoms with Crippen LogP contribution in [0.5, 0.6) is 0 Å². The second-order valence-corrected chi connectivity index (χ2v) is 7.40. The van der Waals surface area contributed by atoms with Gasteiger partial charge in [-0.05, 0) is 36.6 Å². The van der Waals surface area contributed by atoms with Gasteiger partial charge in [-0.2, -0.15) is 5.10 Å². The molecule has 0 saturated heterocycles. The van der Waals surface area contributed by atoms with Crippen LogP contribution in [0.2, 0.25) is 5.02 Å². The highest BCUT2D eigenvalue weighted by molar-refractivity contribution is 7.98. The lowest BCUT2D eigenvalue weighted by atomic mass is 10.1. The molecule has 0 spiro atoms. The molecule has 0 aliphatic heterocycles. The average molecular weight is 370 g/mol. The Bertz CT molecular complexity index is 954. The smallest absolute Gasteiger partial charge is 0.266 e. The van der Waals surface area contributed by atoms with Crippen molar-refractivity contribution in [2.45, 2.75) is 29.5 Å². The van der Waals surface area contributed by atoms with Gasteiger partial charge in [0, 0.05) is 17.5 Å². The molecule has 1 aromatic carbocycles. The van der Waals surface area contributed by atoms with E-state index < -0.39 is 0 Å². The van der Waals surface area contributed by atoms with Gasteiger partial charge >= 0.3 is 0 Å². The zero-order chi connectivity index (χ0) is 17.2. The molecule has 1 saturated carbocycles. The standard InChI is InChI=1S/C19H16ClN3OS/c20-18-17(11-22-23(19(18)24)15-7-8-15)25-12-13-4-3-5-14(10-13)16-6-1-2-9-21-16/h1-6,9-11,15H,7-8,12H2. The van der Waals surface area contributed by atoms with Crippen LogP contribution < -0.4 is 5.56 Å². The van der Waals surface area contributed by atoms with Gasteiger partial charge in [0.2, 0.25) is 0 Å². The molecule has 4 rings (SSSR count). The summed E-state index contributed by atoms with van der Waals surface area (Å²) < 4.78 is 1.51. The number of rotatable bonds is 5. The van der Waals surface area contributed by atoms with Gasteiger partial charge in [-0.15, -0.1) is 11.8 Å². The lowest BCUT2D eigenvalue weighted by molar-refractivity contribution is 0.592. The third-order valence-corrected chi connectivity index (χ3v) is 5.66. The van der Waals surface area contributed by atoms with E-state index in [9.17, 15) is 4.79 Å². The van der Waals surface area contributed by atoms with Gasteiger partial charge in [-0.25, -0.2) is 4.68 Å². The minimum absolute atomic E-state index is 0.184. The minimum Gasteiger partial charge on any atom is -0.266 e. The molecule has 4 nitrogen and oxygen atoms in total. The topological polar surface area (TPSA) is 47.8 Å². The Morgan fingerprint density at radius 2 is 2.08 bits per heavy atom. The number of nitrogens with zero attached hydrogens (tertiary/aromatic N) is 3. The second kappa shape index (κ2) is 7.02. The molecule has 3 aromatic rings. The quantitative estimate of drug-likeness (QED) is 0.617. The van der Waals surface area contributed by atoms with Crippen LogP contribution in [-0.2, 0) is 5.75 Å². The monoisotopic (exact) mass is 369 g/mol. The summed E-state index contributed by atoms with van der Waals surface area (Å²) in [6, 6.07) is 14.3. The summed E-state index contributed by atoms with van der Waals surface area (Å²) in [5, 5.41) is 4.54. The van der Waals surface area contributed by atoms with Crippen molar-refractivity contribution in [1.82, 2.24) is 14.8 Å². The molecular formula is C19H16ClN3OS. The molecule has 0 radical (unpaired) electrons. The van der Waals surface area contributed by atoms with Crippen molar-refractivity contribution in [3.05, 3.63) is 75.8 Å². The molecule has 25 heavy (non-hydrogen) atoms. The predicted molar refractivity (Wildman–Crippen MR) is 101 cm³/mol. The second-order valence-electron chi connectivity index (χ2n) is 6.01. The number of pyridine rings is 1. The fraction of sp³-hybridized carbons (Fsp3) is 0.211.